The van der Waals surface area contributed by atoms with Crippen LogP contribution < -0.4 is 4.80 Å². The molecule has 3 rings (SSSR count). The molecule has 2 aromatic rings. The van der Waals surface area contributed by atoms with Crippen molar-refractivity contribution in [3.05, 3.63) is 28.8 Å². The van der Waals surface area contributed by atoms with Crippen LogP contribution in [0, 0.1) is 11.7 Å². The summed E-state index contributed by atoms with van der Waals surface area (Å²) in [5.41, 5.74) is 0.895. The summed E-state index contributed by atoms with van der Waals surface area (Å²) in [6.07, 6.45) is 2.97. The van der Waals surface area contributed by atoms with Crippen LogP contribution in [0.1, 0.15) is 26.2 Å². The van der Waals surface area contributed by atoms with Crippen LogP contribution in [0.3, 0.4) is 0 Å². The van der Waals surface area contributed by atoms with E-state index >= 15 is 0 Å². The molecule has 1 aliphatic carbocycles. The fourth-order valence-corrected chi connectivity index (χ4v) is 3.58. The van der Waals surface area contributed by atoms with E-state index in [-0.39, 0.29) is 17.6 Å². The molecule has 0 aliphatic heterocycles. The quantitative estimate of drug-likeness (QED) is 0.794. The molecule has 1 fully saturated rings. The smallest absolute Gasteiger partial charge is 0.251 e. The van der Waals surface area contributed by atoms with Gasteiger partial charge < -0.3 is 9.30 Å². The Bertz CT molecular complexity index is 746. The number of benzene rings is 1. The number of nitrogens with zero attached hydrogens (tertiary/aromatic N) is 2. The van der Waals surface area contributed by atoms with Gasteiger partial charge in [-0.25, -0.2) is 4.39 Å². The standard InChI is InChI=1S/C16H19FN2O2S/c1-2-21-9-8-19-13-7-6-12(17)10-14(13)22-16(19)18-15(20)11-4-3-5-11/h6-7,10-11H,2-5,8-9H2,1H3. The number of hydrogen-bond acceptors (Lipinski definition) is 3. The van der Waals surface area contributed by atoms with Crippen molar-refractivity contribution in [3.63, 3.8) is 0 Å². The van der Waals surface area contributed by atoms with E-state index in [1.54, 1.807) is 6.07 Å². The van der Waals surface area contributed by atoms with Gasteiger partial charge in [0.15, 0.2) is 4.80 Å². The number of carbonyl (C=O) groups is 1. The Balaban J connectivity index is 2.00. The van der Waals surface area contributed by atoms with Crippen molar-refractivity contribution in [2.45, 2.75) is 32.7 Å². The molecule has 0 atom stereocenters. The molecule has 0 radical (unpaired) electrons. The minimum Gasteiger partial charge on any atom is -0.380 e. The van der Waals surface area contributed by atoms with Gasteiger partial charge in [-0.3, -0.25) is 4.79 Å². The fourth-order valence-electron chi connectivity index (χ4n) is 2.49. The largest absolute Gasteiger partial charge is 0.380 e. The predicted octanol–water partition coefficient (Wildman–Crippen LogP) is 3.11. The molecule has 0 N–H and O–H groups in total. The third-order valence-electron chi connectivity index (χ3n) is 3.97. The van der Waals surface area contributed by atoms with Gasteiger partial charge in [0.05, 0.1) is 16.8 Å². The third-order valence-corrected chi connectivity index (χ3v) is 5.01. The second-order valence-electron chi connectivity index (χ2n) is 5.42. The second kappa shape index (κ2) is 6.71. The van der Waals surface area contributed by atoms with Gasteiger partial charge in [-0.2, -0.15) is 4.99 Å². The Hall–Kier alpha value is -1.53. The number of hydrogen-bond donors (Lipinski definition) is 0. The molecule has 118 valence electrons. The van der Waals surface area contributed by atoms with Gasteiger partial charge in [0.2, 0.25) is 0 Å². The molecule has 0 saturated heterocycles. The summed E-state index contributed by atoms with van der Waals surface area (Å²) in [6, 6.07) is 4.66. The molecule has 1 saturated carbocycles. The zero-order valence-electron chi connectivity index (χ0n) is 12.5. The molecule has 0 bridgehead atoms. The fraction of sp³-hybridized carbons (Fsp3) is 0.500. The molecule has 0 spiro atoms. The van der Waals surface area contributed by atoms with Crippen molar-refractivity contribution in [2.24, 2.45) is 10.9 Å². The maximum atomic E-state index is 13.4. The zero-order chi connectivity index (χ0) is 15.5. The summed E-state index contributed by atoms with van der Waals surface area (Å²) < 4.78 is 21.6. The summed E-state index contributed by atoms with van der Waals surface area (Å²) in [4.78, 5) is 17.1. The van der Waals surface area contributed by atoms with Crippen molar-refractivity contribution in [1.82, 2.24) is 4.57 Å². The van der Waals surface area contributed by atoms with Crippen LogP contribution >= 0.6 is 11.3 Å². The first kappa shape index (κ1) is 15.4. The molecule has 1 aromatic heterocycles. The van der Waals surface area contributed by atoms with Gasteiger partial charge in [-0.15, -0.1) is 0 Å². The van der Waals surface area contributed by atoms with Gasteiger partial charge >= 0.3 is 0 Å². The molecule has 1 aromatic carbocycles. The minimum absolute atomic E-state index is 0.0524. The van der Waals surface area contributed by atoms with E-state index in [0.29, 0.717) is 24.6 Å². The van der Waals surface area contributed by atoms with Crippen molar-refractivity contribution >= 4 is 27.5 Å². The minimum atomic E-state index is -0.275. The first-order valence-electron chi connectivity index (χ1n) is 7.64. The lowest BCUT2D eigenvalue weighted by Crippen LogP contribution is -2.25. The first-order chi connectivity index (χ1) is 10.7. The van der Waals surface area contributed by atoms with E-state index in [1.807, 2.05) is 11.5 Å². The van der Waals surface area contributed by atoms with Gasteiger partial charge in [-0.1, -0.05) is 17.8 Å². The van der Waals surface area contributed by atoms with Gasteiger partial charge in [0.25, 0.3) is 5.91 Å². The summed E-state index contributed by atoms with van der Waals surface area (Å²) in [5, 5.41) is 0. The first-order valence-corrected chi connectivity index (χ1v) is 8.46. The van der Waals surface area contributed by atoms with Crippen LogP contribution in [0.5, 0.6) is 0 Å². The summed E-state index contributed by atoms with van der Waals surface area (Å²) in [7, 11) is 0. The summed E-state index contributed by atoms with van der Waals surface area (Å²) in [5.74, 6) is -0.256. The lowest BCUT2D eigenvalue weighted by atomic mass is 9.85. The highest BCUT2D eigenvalue weighted by molar-refractivity contribution is 7.16. The molecule has 22 heavy (non-hydrogen) atoms. The number of fused-ring (bicyclic) bond motifs is 1. The highest BCUT2D eigenvalue weighted by Gasteiger charge is 2.25. The number of carbonyl (C=O) groups excluding carboxylic acids is 1. The predicted molar refractivity (Wildman–Crippen MR) is 84.2 cm³/mol. The van der Waals surface area contributed by atoms with Crippen LogP contribution in [0.2, 0.25) is 0 Å². The van der Waals surface area contributed by atoms with Crippen molar-refractivity contribution in [3.8, 4) is 0 Å². The maximum absolute atomic E-state index is 13.4. The number of ether oxygens (including phenoxy) is 1. The maximum Gasteiger partial charge on any atom is 0.251 e. The topological polar surface area (TPSA) is 43.6 Å². The van der Waals surface area contributed by atoms with Crippen LogP contribution in [-0.2, 0) is 16.1 Å². The Morgan fingerprint density at radius 3 is 3.00 bits per heavy atom. The van der Waals surface area contributed by atoms with Crippen LogP contribution in [0.15, 0.2) is 23.2 Å². The summed E-state index contributed by atoms with van der Waals surface area (Å²) in [6.45, 7) is 3.74. The van der Waals surface area contributed by atoms with E-state index in [4.69, 9.17) is 4.74 Å². The Morgan fingerprint density at radius 2 is 2.32 bits per heavy atom. The van der Waals surface area contributed by atoms with Crippen LogP contribution in [0.4, 0.5) is 4.39 Å². The van der Waals surface area contributed by atoms with Crippen molar-refractivity contribution < 1.29 is 13.9 Å². The molecule has 6 heteroatoms. The van der Waals surface area contributed by atoms with E-state index in [0.717, 1.165) is 29.5 Å². The van der Waals surface area contributed by atoms with Gasteiger partial charge in [0.1, 0.15) is 5.82 Å². The van der Waals surface area contributed by atoms with E-state index in [9.17, 15) is 9.18 Å². The number of thiazole rings is 1. The molecular weight excluding hydrogens is 303 g/mol. The Kier molecular flexibility index (Phi) is 4.69. The van der Waals surface area contributed by atoms with Crippen molar-refractivity contribution in [2.75, 3.05) is 13.2 Å². The monoisotopic (exact) mass is 322 g/mol. The number of aromatic nitrogens is 1. The molecule has 4 nitrogen and oxygen atoms in total. The number of rotatable bonds is 5. The lowest BCUT2D eigenvalue weighted by Gasteiger charge is -2.20. The van der Waals surface area contributed by atoms with E-state index < -0.39 is 0 Å². The highest BCUT2D eigenvalue weighted by Crippen LogP contribution is 2.27. The summed E-state index contributed by atoms with van der Waals surface area (Å²) >= 11 is 1.36. The Morgan fingerprint density at radius 1 is 1.50 bits per heavy atom. The van der Waals surface area contributed by atoms with Crippen LogP contribution in [-0.4, -0.2) is 23.7 Å². The molecular formula is C16H19FN2O2S. The second-order valence-corrected chi connectivity index (χ2v) is 6.43. The van der Waals surface area contributed by atoms with E-state index in [1.165, 1.54) is 23.5 Å². The molecule has 1 heterocycles. The average molecular weight is 322 g/mol. The lowest BCUT2D eigenvalue weighted by molar-refractivity contribution is -0.124. The normalized spacial score (nSPS) is 16.2. The van der Waals surface area contributed by atoms with Crippen molar-refractivity contribution in [1.29, 1.82) is 0 Å². The van der Waals surface area contributed by atoms with Gasteiger partial charge in [0, 0.05) is 19.1 Å². The Labute approximate surface area is 132 Å². The SMILES string of the molecule is CCOCCn1c(=NC(=O)C2CCC2)sc2cc(F)ccc21. The average Bonchev–Trinajstić information content (AvgIpc) is 2.74. The number of amides is 1. The van der Waals surface area contributed by atoms with E-state index in [2.05, 4.69) is 4.99 Å². The van der Waals surface area contributed by atoms with Gasteiger partial charge in [-0.05, 0) is 38.0 Å². The highest BCUT2D eigenvalue weighted by atomic mass is 32.1. The molecule has 0 unspecified atom stereocenters. The zero-order valence-corrected chi connectivity index (χ0v) is 13.4. The molecule has 1 aliphatic rings. The third kappa shape index (κ3) is 3.13. The van der Waals surface area contributed by atoms with Crippen LogP contribution in [0.25, 0.3) is 10.2 Å². The molecule has 1 amide bonds. The number of halogens is 1.